The van der Waals surface area contributed by atoms with Gasteiger partial charge in [0, 0.05) is 7.11 Å². The zero-order valence-corrected chi connectivity index (χ0v) is 30.5. The summed E-state index contributed by atoms with van der Waals surface area (Å²) in [7, 11) is 1.79. The smallest absolute Gasteiger partial charge is 0.0657 e. The highest BCUT2D eigenvalue weighted by Gasteiger charge is 2.13. The van der Waals surface area contributed by atoms with Gasteiger partial charge in [-0.15, -0.1) is 0 Å². The Labute approximate surface area is 266 Å². The highest BCUT2D eigenvalue weighted by molar-refractivity contribution is 4.98. The highest BCUT2D eigenvalue weighted by atomic mass is 16.5. The summed E-state index contributed by atoms with van der Waals surface area (Å²) in [5, 5.41) is 0. The van der Waals surface area contributed by atoms with Crippen LogP contribution in [0, 0.1) is 41.4 Å². The van der Waals surface area contributed by atoms with Crippen LogP contribution in [0.5, 0.6) is 0 Å². The molecule has 42 heavy (non-hydrogen) atoms. The average molecular weight is 585 g/mol. The van der Waals surface area contributed by atoms with Gasteiger partial charge in [0.15, 0.2) is 0 Å². The predicted octanol–water partition coefficient (Wildman–Crippen LogP) is 13.6. The number of hydrogen-bond donors (Lipinski definition) is 0. The molecule has 0 heterocycles. The number of ether oxygens (including phenoxy) is 1. The highest BCUT2D eigenvalue weighted by Crippen LogP contribution is 2.23. The quantitative estimate of drug-likeness (QED) is 0.0919. The third-order valence-electron chi connectivity index (χ3n) is 9.05. The van der Waals surface area contributed by atoms with Gasteiger partial charge in [0.1, 0.15) is 0 Å². The second-order valence-electron chi connectivity index (χ2n) is 15.3. The van der Waals surface area contributed by atoms with Crippen molar-refractivity contribution in [2.75, 3.05) is 7.11 Å². The summed E-state index contributed by atoms with van der Waals surface area (Å²) in [5.74, 6) is 5.27. The van der Waals surface area contributed by atoms with Gasteiger partial charge in [-0.2, -0.15) is 0 Å². The largest absolute Gasteiger partial charge is 0.378 e. The van der Waals surface area contributed by atoms with E-state index in [-0.39, 0.29) is 5.60 Å². The van der Waals surface area contributed by atoms with E-state index in [2.05, 4.69) is 118 Å². The standard InChI is InChI=1S/C41H76O/c1-34(2)20-14-23-37(5)26-17-29-38(6)27-15-24-35(3)21-12-13-22-36(4)25-16-28-39(7)30-18-31-40(8)32-19-33-41(9,10)42-11/h12-13,16,18-19,25,30,32,34-40H,14-15,17,20-24,26-29,31,33H2,1-11H3/b13-12+,25-16+,30-18+,32-19+/t35-,36-,37+,38-,39-,40-/m0/s1. The van der Waals surface area contributed by atoms with Gasteiger partial charge in [0.2, 0.25) is 0 Å². The van der Waals surface area contributed by atoms with Crippen LogP contribution in [0.15, 0.2) is 48.6 Å². The molecule has 0 unspecified atom stereocenters. The molecule has 1 heteroatoms. The van der Waals surface area contributed by atoms with Crippen molar-refractivity contribution in [2.24, 2.45) is 41.4 Å². The molecule has 0 aliphatic heterocycles. The number of methoxy groups -OCH3 is 1. The summed E-state index contributed by atoms with van der Waals surface area (Å²) in [6.07, 6.45) is 37.3. The summed E-state index contributed by atoms with van der Waals surface area (Å²) >= 11 is 0. The van der Waals surface area contributed by atoms with Crippen molar-refractivity contribution in [3.05, 3.63) is 48.6 Å². The van der Waals surface area contributed by atoms with Crippen molar-refractivity contribution in [2.45, 2.75) is 165 Å². The monoisotopic (exact) mass is 585 g/mol. The molecule has 0 rings (SSSR count). The second-order valence-corrected chi connectivity index (χ2v) is 15.3. The molecule has 0 saturated carbocycles. The second kappa shape index (κ2) is 25.3. The molecule has 0 amide bonds. The van der Waals surface area contributed by atoms with Gasteiger partial charge >= 0.3 is 0 Å². The van der Waals surface area contributed by atoms with Gasteiger partial charge in [-0.3, -0.25) is 0 Å². The van der Waals surface area contributed by atoms with E-state index in [0.717, 1.165) is 49.4 Å². The molecule has 0 aliphatic carbocycles. The lowest BCUT2D eigenvalue weighted by atomic mass is 9.90. The van der Waals surface area contributed by atoms with E-state index in [9.17, 15) is 0 Å². The van der Waals surface area contributed by atoms with Crippen molar-refractivity contribution < 1.29 is 4.74 Å². The Bertz CT molecular complexity index is 723. The summed E-state index contributed by atoms with van der Waals surface area (Å²) < 4.78 is 5.49. The van der Waals surface area contributed by atoms with Crippen LogP contribution in [0.4, 0.5) is 0 Å². The Morgan fingerprint density at radius 1 is 0.476 bits per heavy atom. The minimum Gasteiger partial charge on any atom is -0.378 e. The summed E-state index contributed by atoms with van der Waals surface area (Å²) in [4.78, 5) is 0. The maximum atomic E-state index is 5.49. The molecule has 0 spiro atoms. The Kier molecular flexibility index (Phi) is 24.6. The first-order valence-electron chi connectivity index (χ1n) is 18.0. The number of allylic oxidation sites excluding steroid dienone is 7. The fourth-order valence-electron chi connectivity index (χ4n) is 5.50. The van der Waals surface area contributed by atoms with Gasteiger partial charge in [-0.05, 0) is 87.4 Å². The Morgan fingerprint density at radius 2 is 0.857 bits per heavy atom. The summed E-state index contributed by atoms with van der Waals surface area (Å²) in [6.45, 7) is 23.3. The van der Waals surface area contributed by atoms with Crippen LogP contribution in [0.25, 0.3) is 0 Å². The molecule has 246 valence electrons. The molecule has 0 radical (unpaired) electrons. The first-order valence-corrected chi connectivity index (χ1v) is 18.0. The maximum Gasteiger partial charge on any atom is 0.0657 e. The van der Waals surface area contributed by atoms with E-state index in [1.54, 1.807) is 7.11 Å². The Hall–Kier alpha value is -1.08. The summed E-state index contributed by atoms with van der Waals surface area (Å²) in [5.41, 5.74) is -0.0677. The van der Waals surface area contributed by atoms with E-state index >= 15 is 0 Å². The SMILES string of the molecule is COC(C)(C)C/C=C/[C@@H](C)C/C=C/[C@@H](C)C/C=C/[C@@H](C)C/C=C/C[C@H](C)CCC[C@H](C)CCC[C@H](C)CCCC(C)C. The van der Waals surface area contributed by atoms with Crippen molar-refractivity contribution in [3.63, 3.8) is 0 Å². The zero-order valence-electron chi connectivity index (χ0n) is 30.5. The van der Waals surface area contributed by atoms with Crippen molar-refractivity contribution >= 4 is 0 Å². The van der Waals surface area contributed by atoms with Crippen LogP contribution in [0.1, 0.15) is 159 Å². The van der Waals surface area contributed by atoms with E-state index < -0.39 is 0 Å². The molecular weight excluding hydrogens is 508 g/mol. The van der Waals surface area contributed by atoms with Crippen LogP contribution in [-0.2, 0) is 4.74 Å². The molecule has 6 atom stereocenters. The van der Waals surface area contributed by atoms with E-state index in [1.165, 1.54) is 64.2 Å². The molecule has 0 aromatic heterocycles. The molecule has 1 nitrogen and oxygen atoms in total. The summed E-state index contributed by atoms with van der Waals surface area (Å²) in [6, 6.07) is 0. The van der Waals surface area contributed by atoms with E-state index in [0.29, 0.717) is 17.8 Å². The molecular formula is C41H76O. The van der Waals surface area contributed by atoms with Crippen LogP contribution in [0.3, 0.4) is 0 Å². The van der Waals surface area contributed by atoms with E-state index in [4.69, 9.17) is 4.74 Å². The fraction of sp³-hybridized carbons (Fsp3) is 0.805. The average Bonchev–Trinajstić information content (AvgIpc) is 2.91. The molecule has 0 fully saturated rings. The Morgan fingerprint density at radius 3 is 1.31 bits per heavy atom. The Balaban J connectivity index is 3.96. The normalized spacial score (nSPS) is 17.6. The van der Waals surface area contributed by atoms with Gasteiger partial charge in [0.25, 0.3) is 0 Å². The van der Waals surface area contributed by atoms with Crippen molar-refractivity contribution in [1.82, 2.24) is 0 Å². The predicted molar refractivity (Wildman–Crippen MR) is 192 cm³/mol. The maximum absolute atomic E-state index is 5.49. The first kappa shape index (κ1) is 40.9. The van der Waals surface area contributed by atoms with Crippen LogP contribution < -0.4 is 0 Å². The van der Waals surface area contributed by atoms with Gasteiger partial charge < -0.3 is 4.74 Å². The van der Waals surface area contributed by atoms with Crippen molar-refractivity contribution in [1.29, 1.82) is 0 Å². The molecule has 0 bridgehead atoms. The minimum atomic E-state index is -0.0677. The van der Waals surface area contributed by atoms with E-state index in [1.807, 2.05) is 0 Å². The fourth-order valence-corrected chi connectivity index (χ4v) is 5.50. The van der Waals surface area contributed by atoms with Gasteiger partial charge in [-0.25, -0.2) is 0 Å². The van der Waals surface area contributed by atoms with Crippen LogP contribution in [-0.4, -0.2) is 12.7 Å². The lowest BCUT2D eigenvalue weighted by Gasteiger charge is -2.20. The molecule has 0 aromatic rings. The van der Waals surface area contributed by atoms with Gasteiger partial charge in [-0.1, -0.05) is 162 Å². The van der Waals surface area contributed by atoms with Crippen LogP contribution in [0.2, 0.25) is 0 Å². The lowest BCUT2D eigenvalue weighted by Crippen LogP contribution is -2.20. The number of hydrogen-bond acceptors (Lipinski definition) is 1. The molecule has 0 aromatic carbocycles. The topological polar surface area (TPSA) is 9.23 Å². The van der Waals surface area contributed by atoms with Crippen LogP contribution >= 0.6 is 0 Å². The first-order chi connectivity index (χ1) is 19.8. The molecule has 0 aliphatic rings. The van der Waals surface area contributed by atoms with Crippen molar-refractivity contribution in [3.8, 4) is 0 Å². The minimum absolute atomic E-state index is 0.0677. The lowest BCUT2D eigenvalue weighted by molar-refractivity contribution is 0.0254. The third kappa shape index (κ3) is 26.5. The molecule has 0 saturated heterocycles. The molecule has 0 N–H and O–H groups in total. The zero-order chi connectivity index (χ0) is 31.8. The van der Waals surface area contributed by atoms with Gasteiger partial charge in [0.05, 0.1) is 5.60 Å². The number of rotatable bonds is 26. The third-order valence-corrected chi connectivity index (χ3v) is 9.05.